The van der Waals surface area contributed by atoms with E-state index in [4.69, 9.17) is 9.47 Å². The zero-order valence-electron chi connectivity index (χ0n) is 32.5. The summed E-state index contributed by atoms with van der Waals surface area (Å²) in [5.74, 6) is 0.0500. The number of rotatable bonds is 33. The summed E-state index contributed by atoms with van der Waals surface area (Å²) in [6.07, 6.45) is 14.6. The molecule has 304 valence electrons. The van der Waals surface area contributed by atoms with Crippen LogP contribution in [0.1, 0.15) is 175 Å². The van der Waals surface area contributed by atoms with Gasteiger partial charge in [0.25, 0.3) is 0 Å². The lowest BCUT2D eigenvalue weighted by molar-refractivity contribution is -0.303. The molecule has 11 nitrogen and oxygen atoms in total. The van der Waals surface area contributed by atoms with Crippen molar-refractivity contribution in [2.75, 3.05) is 13.2 Å². The minimum Gasteiger partial charge on any atom is -0.394 e. The molecule has 0 aromatic carbocycles. The molecule has 0 spiro atoms. The number of carbonyl (C=O) groups is 1. The molecule has 9 atom stereocenters. The van der Waals surface area contributed by atoms with E-state index in [0.29, 0.717) is 19.3 Å². The quantitative estimate of drug-likeness (QED) is 0.0405. The highest BCUT2D eigenvalue weighted by molar-refractivity contribution is 5.80. The highest BCUT2D eigenvalue weighted by atomic mass is 16.7. The van der Waals surface area contributed by atoms with Gasteiger partial charge in [0.2, 0.25) is 5.91 Å². The molecule has 1 heterocycles. The second-order valence-corrected chi connectivity index (χ2v) is 15.6. The SMILES string of the molecule is CCCCCCCCCCCCCCCC(O)C(=O)N[C@@H](CO[C@@H]1O[C@H](CO)[C@@H](O)[C@H](O)[C@H]1O)[C@H](O)[C@H](O)CCCCCCCCCCC(C)C. The van der Waals surface area contributed by atoms with Gasteiger partial charge in [0.15, 0.2) is 6.29 Å². The molecule has 1 aliphatic rings. The van der Waals surface area contributed by atoms with Crippen molar-refractivity contribution in [1.29, 1.82) is 0 Å². The van der Waals surface area contributed by atoms with E-state index < -0.39 is 74.2 Å². The average molecular weight is 734 g/mol. The van der Waals surface area contributed by atoms with Crippen LogP contribution in [0, 0.1) is 5.92 Å². The molecular weight excluding hydrogens is 654 g/mol. The van der Waals surface area contributed by atoms with Gasteiger partial charge in [0.1, 0.15) is 36.6 Å². The van der Waals surface area contributed by atoms with Gasteiger partial charge in [-0.25, -0.2) is 0 Å². The van der Waals surface area contributed by atoms with Crippen molar-refractivity contribution in [1.82, 2.24) is 5.32 Å². The molecule has 0 aromatic rings. The first-order valence-corrected chi connectivity index (χ1v) is 20.8. The fourth-order valence-corrected chi connectivity index (χ4v) is 6.80. The van der Waals surface area contributed by atoms with Crippen molar-refractivity contribution < 1.29 is 50.0 Å². The third kappa shape index (κ3) is 22.2. The van der Waals surface area contributed by atoms with Crippen molar-refractivity contribution in [2.24, 2.45) is 5.92 Å². The number of aliphatic hydroxyl groups is 7. The molecule has 0 saturated carbocycles. The lowest BCUT2D eigenvalue weighted by Crippen LogP contribution is -2.60. The minimum absolute atomic E-state index is 0.264. The van der Waals surface area contributed by atoms with Crippen LogP contribution >= 0.6 is 0 Å². The van der Waals surface area contributed by atoms with Crippen LogP contribution in [-0.2, 0) is 14.3 Å². The Kier molecular flexibility index (Phi) is 28.7. The van der Waals surface area contributed by atoms with Gasteiger partial charge in [-0.1, -0.05) is 162 Å². The van der Waals surface area contributed by atoms with Gasteiger partial charge in [-0.05, 0) is 18.8 Å². The van der Waals surface area contributed by atoms with Crippen LogP contribution in [0.15, 0.2) is 0 Å². The van der Waals surface area contributed by atoms with Gasteiger partial charge in [-0.2, -0.15) is 0 Å². The van der Waals surface area contributed by atoms with Crippen molar-refractivity contribution in [2.45, 2.75) is 230 Å². The maximum Gasteiger partial charge on any atom is 0.249 e. The Balaban J connectivity index is 2.53. The zero-order chi connectivity index (χ0) is 37.9. The van der Waals surface area contributed by atoms with Crippen molar-refractivity contribution in [3.8, 4) is 0 Å². The van der Waals surface area contributed by atoms with Crippen LogP contribution in [0.4, 0.5) is 0 Å². The minimum atomic E-state index is -1.66. The second-order valence-electron chi connectivity index (χ2n) is 15.6. The van der Waals surface area contributed by atoms with E-state index in [1.165, 1.54) is 89.9 Å². The molecule has 1 unspecified atom stereocenters. The highest BCUT2D eigenvalue weighted by Crippen LogP contribution is 2.23. The zero-order valence-corrected chi connectivity index (χ0v) is 32.5. The summed E-state index contributed by atoms with van der Waals surface area (Å²) in [4.78, 5) is 13.0. The Morgan fingerprint density at radius 2 is 1.10 bits per heavy atom. The molecule has 0 aliphatic carbocycles. The first-order chi connectivity index (χ1) is 24.5. The second kappa shape index (κ2) is 30.4. The summed E-state index contributed by atoms with van der Waals surface area (Å²) in [6.45, 7) is 5.68. The van der Waals surface area contributed by atoms with Crippen LogP contribution in [-0.4, -0.2) is 110 Å². The van der Waals surface area contributed by atoms with Gasteiger partial charge in [0.05, 0.1) is 25.4 Å². The summed E-state index contributed by atoms with van der Waals surface area (Å²) in [5.41, 5.74) is 0. The Morgan fingerprint density at radius 1 is 0.647 bits per heavy atom. The van der Waals surface area contributed by atoms with Crippen molar-refractivity contribution in [3.05, 3.63) is 0 Å². The van der Waals surface area contributed by atoms with Crippen LogP contribution < -0.4 is 5.32 Å². The summed E-state index contributed by atoms with van der Waals surface area (Å²) in [5, 5.41) is 75.3. The average Bonchev–Trinajstić information content (AvgIpc) is 3.11. The summed E-state index contributed by atoms with van der Waals surface area (Å²) < 4.78 is 11.0. The van der Waals surface area contributed by atoms with Gasteiger partial charge in [-0.3, -0.25) is 4.79 Å². The number of aliphatic hydroxyl groups excluding tert-OH is 7. The van der Waals surface area contributed by atoms with E-state index in [0.717, 1.165) is 44.4 Å². The number of nitrogens with one attached hydrogen (secondary N) is 1. The molecule has 51 heavy (non-hydrogen) atoms. The van der Waals surface area contributed by atoms with Crippen LogP contribution in [0.3, 0.4) is 0 Å². The summed E-state index contributed by atoms with van der Waals surface area (Å²) in [7, 11) is 0. The van der Waals surface area contributed by atoms with Gasteiger partial charge in [0, 0.05) is 0 Å². The van der Waals surface area contributed by atoms with E-state index in [2.05, 4.69) is 26.1 Å². The molecule has 0 radical (unpaired) electrons. The largest absolute Gasteiger partial charge is 0.394 e. The van der Waals surface area contributed by atoms with E-state index in [1.54, 1.807) is 0 Å². The molecule has 11 heteroatoms. The molecule has 1 fully saturated rings. The number of hydrogen-bond donors (Lipinski definition) is 8. The lowest BCUT2D eigenvalue weighted by Gasteiger charge is -2.40. The first kappa shape index (κ1) is 48.1. The number of ether oxygens (including phenoxy) is 2. The first-order valence-electron chi connectivity index (χ1n) is 20.8. The fourth-order valence-electron chi connectivity index (χ4n) is 6.80. The molecule has 1 rings (SSSR count). The van der Waals surface area contributed by atoms with E-state index in [-0.39, 0.29) is 6.42 Å². The maximum absolute atomic E-state index is 13.0. The van der Waals surface area contributed by atoms with Crippen molar-refractivity contribution in [3.63, 3.8) is 0 Å². The summed E-state index contributed by atoms with van der Waals surface area (Å²) >= 11 is 0. The van der Waals surface area contributed by atoms with Gasteiger partial charge in [-0.15, -0.1) is 0 Å². The third-order valence-corrected chi connectivity index (χ3v) is 10.3. The summed E-state index contributed by atoms with van der Waals surface area (Å²) in [6, 6.07) is -1.16. The number of unbranched alkanes of at least 4 members (excludes halogenated alkanes) is 19. The Hall–Kier alpha value is -0.890. The van der Waals surface area contributed by atoms with Crippen molar-refractivity contribution >= 4 is 5.91 Å². The molecule has 1 amide bonds. The Morgan fingerprint density at radius 3 is 1.57 bits per heavy atom. The molecule has 0 bridgehead atoms. The molecule has 0 aromatic heterocycles. The van der Waals surface area contributed by atoms with E-state index in [9.17, 15) is 40.5 Å². The number of amides is 1. The normalized spacial score (nSPS) is 23.3. The molecule has 8 N–H and O–H groups in total. The molecule has 1 aliphatic heterocycles. The van der Waals surface area contributed by atoms with Crippen LogP contribution in [0.25, 0.3) is 0 Å². The topological polar surface area (TPSA) is 189 Å². The molecular formula is C40H79NO10. The lowest BCUT2D eigenvalue weighted by atomic mass is 9.98. The standard InChI is InChI=1S/C40H79NO10/c1-4-5-6-7-8-9-10-11-12-13-18-21-24-27-33(44)39(49)41-31(29-50-40-38(48)37(47)36(46)34(28-42)51-40)35(45)32(43)26-23-20-17-15-14-16-19-22-25-30(2)3/h30-38,40,42-48H,4-29H2,1-3H3,(H,41,49)/t31-,32+,33?,34+,35-,36+,37-,38+,40+/m0/s1. The fraction of sp³-hybridized carbons (Fsp3) is 0.975. The van der Waals surface area contributed by atoms with E-state index in [1.807, 2.05) is 0 Å². The third-order valence-electron chi connectivity index (χ3n) is 10.3. The number of hydrogen-bond acceptors (Lipinski definition) is 10. The molecule has 1 saturated heterocycles. The Labute approximate surface area is 309 Å². The number of carbonyl (C=O) groups excluding carboxylic acids is 1. The Bertz CT molecular complexity index is 818. The predicted molar refractivity (Wildman–Crippen MR) is 201 cm³/mol. The monoisotopic (exact) mass is 734 g/mol. The van der Waals surface area contributed by atoms with Gasteiger partial charge < -0.3 is 50.5 Å². The predicted octanol–water partition coefficient (Wildman–Crippen LogP) is 5.41. The van der Waals surface area contributed by atoms with Crippen LogP contribution in [0.5, 0.6) is 0 Å². The van der Waals surface area contributed by atoms with Gasteiger partial charge >= 0.3 is 0 Å². The maximum atomic E-state index is 13.0. The van der Waals surface area contributed by atoms with E-state index >= 15 is 0 Å². The highest BCUT2D eigenvalue weighted by Gasteiger charge is 2.44. The van der Waals surface area contributed by atoms with Crippen LogP contribution in [0.2, 0.25) is 0 Å². The smallest absolute Gasteiger partial charge is 0.249 e.